The maximum atomic E-state index is 9.19. The monoisotopic (exact) mass is 229 g/mol. The fourth-order valence-corrected chi connectivity index (χ4v) is 2.38. The second kappa shape index (κ2) is 5.96. The largest absolute Gasteiger partial charge is 0.394 e. The number of nitrogens with zero attached hydrogens (tertiary/aromatic N) is 2. The zero-order chi connectivity index (χ0) is 12.2. The van der Waals surface area contributed by atoms with Crippen molar-refractivity contribution in [1.82, 2.24) is 9.80 Å². The molecule has 4 nitrogen and oxygen atoms in total. The highest BCUT2D eigenvalue weighted by molar-refractivity contribution is 4.84. The summed E-state index contributed by atoms with van der Waals surface area (Å²) in [6.45, 7) is 8.77. The molecule has 3 N–H and O–H groups in total. The molecule has 0 aromatic heterocycles. The van der Waals surface area contributed by atoms with E-state index < -0.39 is 5.54 Å². The summed E-state index contributed by atoms with van der Waals surface area (Å²) in [5.41, 5.74) is 5.56. The lowest BCUT2D eigenvalue weighted by Crippen LogP contribution is -2.47. The minimum Gasteiger partial charge on any atom is -0.394 e. The van der Waals surface area contributed by atoms with Crippen molar-refractivity contribution in [2.75, 3.05) is 39.8 Å². The molecule has 1 saturated heterocycles. The highest BCUT2D eigenvalue weighted by Gasteiger charge is 2.25. The summed E-state index contributed by atoms with van der Waals surface area (Å²) in [6.07, 6.45) is 2.08. The molecule has 0 bridgehead atoms. The highest BCUT2D eigenvalue weighted by Crippen LogP contribution is 2.15. The predicted octanol–water partition coefficient (Wildman–Crippen LogP) is 0.112. The summed E-state index contributed by atoms with van der Waals surface area (Å²) in [4.78, 5) is 4.87. The standard InChI is InChI=1S/C12H27N3O/c1-11(9-12(2,13)10-16)15-6-4-5-14(3)7-8-15/h11,16H,4-10,13H2,1-3H3. The van der Waals surface area contributed by atoms with Gasteiger partial charge in [-0.1, -0.05) is 0 Å². The van der Waals surface area contributed by atoms with Crippen LogP contribution >= 0.6 is 0 Å². The number of hydrogen-bond donors (Lipinski definition) is 2. The average molecular weight is 229 g/mol. The molecular formula is C12H27N3O. The van der Waals surface area contributed by atoms with Gasteiger partial charge in [0.05, 0.1) is 6.61 Å². The van der Waals surface area contributed by atoms with E-state index in [1.807, 2.05) is 6.92 Å². The first-order valence-electron chi connectivity index (χ1n) is 6.27. The quantitative estimate of drug-likeness (QED) is 0.718. The molecule has 96 valence electrons. The molecule has 4 heteroatoms. The van der Waals surface area contributed by atoms with Crippen LogP contribution < -0.4 is 5.73 Å². The van der Waals surface area contributed by atoms with Gasteiger partial charge in [-0.15, -0.1) is 0 Å². The van der Waals surface area contributed by atoms with E-state index in [0.29, 0.717) is 6.04 Å². The first-order valence-corrected chi connectivity index (χ1v) is 6.27. The van der Waals surface area contributed by atoms with Crippen LogP contribution in [0, 0.1) is 0 Å². The van der Waals surface area contributed by atoms with Crippen LogP contribution in [0.5, 0.6) is 0 Å². The van der Waals surface area contributed by atoms with E-state index in [1.165, 1.54) is 13.0 Å². The molecule has 0 spiro atoms. The number of aliphatic hydroxyl groups excluding tert-OH is 1. The fraction of sp³-hybridized carbons (Fsp3) is 1.00. The molecule has 0 aromatic carbocycles. The average Bonchev–Trinajstić information content (AvgIpc) is 2.42. The van der Waals surface area contributed by atoms with Crippen LogP contribution in [-0.4, -0.2) is 66.3 Å². The van der Waals surface area contributed by atoms with Crippen molar-refractivity contribution in [3.8, 4) is 0 Å². The fourth-order valence-electron chi connectivity index (χ4n) is 2.38. The van der Waals surface area contributed by atoms with Crippen molar-refractivity contribution in [2.45, 2.75) is 38.3 Å². The van der Waals surface area contributed by atoms with Crippen LogP contribution in [0.4, 0.5) is 0 Å². The Hall–Kier alpha value is -0.160. The van der Waals surface area contributed by atoms with E-state index in [4.69, 9.17) is 5.73 Å². The van der Waals surface area contributed by atoms with E-state index in [1.54, 1.807) is 0 Å². The van der Waals surface area contributed by atoms with Crippen LogP contribution in [0.1, 0.15) is 26.7 Å². The SMILES string of the molecule is CC(CC(C)(N)CO)N1CCCN(C)CC1. The van der Waals surface area contributed by atoms with Gasteiger partial charge in [0.1, 0.15) is 0 Å². The van der Waals surface area contributed by atoms with Crippen LogP contribution in [0.15, 0.2) is 0 Å². The third-order valence-corrected chi connectivity index (χ3v) is 3.50. The van der Waals surface area contributed by atoms with Crippen LogP contribution in [0.2, 0.25) is 0 Å². The minimum atomic E-state index is -0.447. The van der Waals surface area contributed by atoms with E-state index in [0.717, 1.165) is 26.1 Å². The van der Waals surface area contributed by atoms with Gasteiger partial charge >= 0.3 is 0 Å². The van der Waals surface area contributed by atoms with Gasteiger partial charge < -0.3 is 15.7 Å². The Morgan fingerprint density at radius 3 is 2.62 bits per heavy atom. The maximum absolute atomic E-state index is 9.19. The molecule has 1 aliphatic heterocycles. The second-order valence-electron chi connectivity index (χ2n) is 5.56. The van der Waals surface area contributed by atoms with Gasteiger partial charge in [0.25, 0.3) is 0 Å². The molecule has 0 aliphatic carbocycles. The lowest BCUT2D eigenvalue weighted by Gasteiger charge is -2.33. The summed E-state index contributed by atoms with van der Waals surface area (Å²) in [7, 11) is 2.18. The van der Waals surface area contributed by atoms with Crippen molar-refractivity contribution < 1.29 is 5.11 Å². The molecule has 0 amide bonds. The summed E-state index contributed by atoms with van der Waals surface area (Å²) in [5, 5.41) is 9.19. The van der Waals surface area contributed by atoms with E-state index in [2.05, 4.69) is 23.8 Å². The number of nitrogens with two attached hydrogens (primary N) is 1. The Bertz CT molecular complexity index is 208. The zero-order valence-corrected chi connectivity index (χ0v) is 10.9. The van der Waals surface area contributed by atoms with Gasteiger partial charge in [-0.2, -0.15) is 0 Å². The molecule has 1 rings (SSSR count). The Kier molecular flexibility index (Phi) is 5.18. The summed E-state index contributed by atoms with van der Waals surface area (Å²) in [6, 6.07) is 0.452. The maximum Gasteiger partial charge on any atom is 0.0609 e. The van der Waals surface area contributed by atoms with Crippen molar-refractivity contribution in [3.05, 3.63) is 0 Å². The first kappa shape index (κ1) is 13.9. The molecule has 1 fully saturated rings. The molecule has 1 heterocycles. The molecule has 0 aromatic rings. The lowest BCUT2D eigenvalue weighted by molar-refractivity contribution is 0.139. The molecule has 16 heavy (non-hydrogen) atoms. The molecule has 1 aliphatic rings. The van der Waals surface area contributed by atoms with Gasteiger partial charge in [0.2, 0.25) is 0 Å². The topological polar surface area (TPSA) is 52.7 Å². The minimum absolute atomic E-state index is 0.0606. The normalized spacial score (nSPS) is 26.1. The predicted molar refractivity (Wildman–Crippen MR) is 67.4 cm³/mol. The Labute approximate surface area is 99.4 Å². The zero-order valence-electron chi connectivity index (χ0n) is 10.9. The van der Waals surface area contributed by atoms with E-state index in [-0.39, 0.29) is 6.61 Å². The number of hydrogen-bond acceptors (Lipinski definition) is 4. The Morgan fingerprint density at radius 1 is 1.31 bits per heavy atom. The molecule has 0 radical (unpaired) electrons. The van der Waals surface area contributed by atoms with Gasteiger partial charge in [0.15, 0.2) is 0 Å². The first-order chi connectivity index (χ1) is 7.44. The highest BCUT2D eigenvalue weighted by atomic mass is 16.3. The molecular weight excluding hydrogens is 202 g/mol. The smallest absolute Gasteiger partial charge is 0.0609 e. The van der Waals surface area contributed by atoms with Gasteiger partial charge in [-0.3, -0.25) is 4.90 Å². The molecule has 2 atom stereocenters. The Balaban J connectivity index is 2.43. The van der Waals surface area contributed by atoms with Crippen molar-refractivity contribution in [1.29, 1.82) is 0 Å². The van der Waals surface area contributed by atoms with Crippen molar-refractivity contribution in [2.24, 2.45) is 5.73 Å². The van der Waals surface area contributed by atoms with Gasteiger partial charge in [0, 0.05) is 24.7 Å². The third kappa shape index (κ3) is 4.37. The molecule has 0 saturated carbocycles. The van der Waals surface area contributed by atoms with Crippen LogP contribution in [0.3, 0.4) is 0 Å². The number of likely N-dealkylation sites (N-methyl/N-ethyl adjacent to an activating group) is 1. The number of rotatable bonds is 4. The lowest BCUT2D eigenvalue weighted by atomic mass is 9.95. The van der Waals surface area contributed by atoms with Crippen molar-refractivity contribution in [3.63, 3.8) is 0 Å². The van der Waals surface area contributed by atoms with Crippen LogP contribution in [-0.2, 0) is 0 Å². The van der Waals surface area contributed by atoms with Crippen LogP contribution in [0.25, 0.3) is 0 Å². The summed E-state index contributed by atoms with van der Waals surface area (Å²) < 4.78 is 0. The van der Waals surface area contributed by atoms with Gasteiger partial charge in [-0.25, -0.2) is 0 Å². The van der Waals surface area contributed by atoms with Crippen molar-refractivity contribution >= 4 is 0 Å². The van der Waals surface area contributed by atoms with Gasteiger partial charge in [-0.05, 0) is 46.8 Å². The summed E-state index contributed by atoms with van der Waals surface area (Å²) in [5.74, 6) is 0. The number of aliphatic hydroxyl groups is 1. The Morgan fingerprint density at radius 2 is 2.00 bits per heavy atom. The third-order valence-electron chi connectivity index (χ3n) is 3.50. The van der Waals surface area contributed by atoms with E-state index >= 15 is 0 Å². The summed E-state index contributed by atoms with van der Waals surface area (Å²) >= 11 is 0. The second-order valence-corrected chi connectivity index (χ2v) is 5.56. The van der Waals surface area contributed by atoms with E-state index in [9.17, 15) is 5.11 Å². The molecule has 2 unspecified atom stereocenters.